The van der Waals surface area contributed by atoms with E-state index in [1.54, 1.807) is 6.92 Å². The molecule has 2 aromatic carbocycles. The molecule has 2 N–H and O–H groups in total. The highest BCUT2D eigenvalue weighted by Crippen LogP contribution is 2.34. The van der Waals surface area contributed by atoms with Crippen molar-refractivity contribution in [3.05, 3.63) is 79.8 Å². The molecule has 0 aliphatic heterocycles. The van der Waals surface area contributed by atoms with Crippen LogP contribution in [0.3, 0.4) is 0 Å². The summed E-state index contributed by atoms with van der Waals surface area (Å²) in [5, 5.41) is 11.1. The van der Waals surface area contributed by atoms with E-state index < -0.39 is 23.3 Å². The van der Waals surface area contributed by atoms with Gasteiger partial charge in [0.2, 0.25) is 5.88 Å². The number of nitrogens with zero attached hydrogens (tertiary/aromatic N) is 1. The third-order valence-corrected chi connectivity index (χ3v) is 4.61. The minimum Gasteiger partial charge on any atom is -0.493 e. The molecule has 3 rings (SSSR count). The summed E-state index contributed by atoms with van der Waals surface area (Å²) in [6, 6.07) is 8.90. The van der Waals surface area contributed by atoms with Crippen LogP contribution in [0.2, 0.25) is 10.0 Å². The molecule has 0 unspecified atom stereocenters. The van der Waals surface area contributed by atoms with Crippen LogP contribution in [0.15, 0.2) is 47.3 Å². The van der Waals surface area contributed by atoms with Gasteiger partial charge in [0, 0.05) is 16.0 Å². The lowest BCUT2D eigenvalue weighted by molar-refractivity contribution is -0.137. The van der Waals surface area contributed by atoms with E-state index in [4.69, 9.17) is 23.2 Å². The standard InChI is InChI=1S/C18H13Cl2F3N2O2/c1-9(10-2-4-11(5-3-10)18(21,22)23)15-16(26)25(17(27)24-15)14-7-12(19)6-13(20)8-14/h2-9,26H,1H3,(H,24,27)/t9-/m0/s1. The Bertz CT molecular complexity index is 1020. The number of benzene rings is 2. The Labute approximate surface area is 161 Å². The van der Waals surface area contributed by atoms with Crippen molar-refractivity contribution in [3.63, 3.8) is 0 Å². The predicted octanol–water partition coefficient (Wildman–Crippen LogP) is 5.35. The van der Waals surface area contributed by atoms with E-state index in [1.807, 2.05) is 0 Å². The van der Waals surface area contributed by atoms with Gasteiger partial charge in [0.15, 0.2) is 0 Å². The Hall–Kier alpha value is -2.38. The molecule has 1 heterocycles. The van der Waals surface area contributed by atoms with Crippen LogP contribution in [0.25, 0.3) is 5.69 Å². The van der Waals surface area contributed by atoms with Crippen molar-refractivity contribution in [1.82, 2.24) is 9.55 Å². The minimum atomic E-state index is -4.44. The van der Waals surface area contributed by atoms with Crippen LogP contribution in [-0.2, 0) is 6.18 Å². The van der Waals surface area contributed by atoms with Gasteiger partial charge in [-0.25, -0.2) is 9.36 Å². The van der Waals surface area contributed by atoms with E-state index in [0.717, 1.165) is 16.7 Å². The van der Waals surface area contributed by atoms with Gasteiger partial charge in [-0.15, -0.1) is 0 Å². The molecule has 0 amide bonds. The molecule has 142 valence electrons. The highest BCUT2D eigenvalue weighted by molar-refractivity contribution is 6.34. The van der Waals surface area contributed by atoms with E-state index in [2.05, 4.69) is 4.98 Å². The summed E-state index contributed by atoms with van der Waals surface area (Å²) in [5.41, 5.74) is -0.481. The van der Waals surface area contributed by atoms with Gasteiger partial charge in [0.1, 0.15) is 0 Å². The summed E-state index contributed by atoms with van der Waals surface area (Å²) in [5.74, 6) is -0.929. The first-order valence-corrected chi connectivity index (χ1v) is 8.51. The zero-order chi connectivity index (χ0) is 19.9. The van der Waals surface area contributed by atoms with Crippen LogP contribution in [0.4, 0.5) is 13.2 Å². The fraction of sp³-hybridized carbons (Fsp3) is 0.167. The topological polar surface area (TPSA) is 58.0 Å². The fourth-order valence-corrected chi connectivity index (χ4v) is 3.30. The summed E-state index contributed by atoms with van der Waals surface area (Å²) < 4.78 is 39.1. The lowest BCUT2D eigenvalue weighted by Crippen LogP contribution is -2.14. The average molecular weight is 417 g/mol. The zero-order valence-corrected chi connectivity index (χ0v) is 15.3. The Morgan fingerprint density at radius 2 is 1.63 bits per heavy atom. The number of alkyl halides is 3. The molecular weight excluding hydrogens is 404 g/mol. The van der Waals surface area contributed by atoms with Crippen molar-refractivity contribution >= 4 is 23.2 Å². The molecule has 0 fully saturated rings. The number of hydrogen-bond acceptors (Lipinski definition) is 2. The molecule has 0 saturated heterocycles. The van der Waals surface area contributed by atoms with Crippen molar-refractivity contribution in [2.45, 2.75) is 19.0 Å². The second-order valence-electron chi connectivity index (χ2n) is 5.97. The number of rotatable bonds is 3. The van der Waals surface area contributed by atoms with E-state index in [1.165, 1.54) is 30.3 Å². The fourth-order valence-electron chi connectivity index (χ4n) is 2.78. The zero-order valence-electron chi connectivity index (χ0n) is 13.8. The van der Waals surface area contributed by atoms with Crippen LogP contribution < -0.4 is 5.69 Å². The van der Waals surface area contributed by atoms with Crippen molar-refractivity contribution in [2.24, 2.45) is 0 Å². The van der Waals surface area contributed by atoms with Crippen molar-refractivity contribution in [1.29, 1.82) is 0 Å². The highest BCUT2D eigenvalue weighted by Gasteiger charge is 2.30. The van der Waals surface area contributed by atoms with Crippen LogP contribution >= 0.6 is 23.2 Å². The van der Waals surface area contributed by atoms with Gasteiger partial charge < -0.3 is 10.1 Å². The van der Waals surface area contributed by atoms with Gasteiger partial charge in [-0.1, -0.05) is 42.3 Å². The SMILES string of the molecule is C[C@@H](c1ccc(C(F)(F)F)cc1)c1[nH]c(=O)n(-c2cc(Cl)cc(Cl)c2)c1O. The Morgan fingerprint density at radius 3 is 2.15 bits per heavy atom. The molecule has 1 aromatic heterocycles. The first-order chi connectivity index (χ1) is 12.6. The monoisotopic (exact) mass is 416 g/mol. The lowest BCUT2D eigenvalue weighted by atomic mass is 9.97. The van der Waals surface area contributed by atoms with Crippen molar-refractivity contribution in [3.8, 4) is 11.6 Å². The van der Waals surface area contributed by atoms with Crippen LogP contribution in [0, 0.1) is 0 Å². The second-order valence-corrected chi connectivity index (χ2v) is 6.84. The van der Waals surface area contributed by atoms with Crippen LogP contribution in [-0.4, -0.2) is 14.7 Å². The third kappa shape index (κ3) is 3.84. The summed E-state index contributed by atoms with van der Waals surface area (Å²) in [6.07, 6.45) is -4.44. The normalized spacial score (nSPS) is 13.0. The maximum absolute atomic E-state index is 12.7. The molecule has 0 saturated carbocycles. The third-order valence-electron chi connectivity index (χ3n) is 4.17. The van der Waals surface area contributed by atoms with Gasteiger partial charge in [-0.3, -0.25) is 0 Å². The molecule has 0 spiro atoms. The quantitative estimate of drug-likeness (QED) is 0.604. The molecule has 0 aliphatic rings. The summed E-state index contributed by atoms with van der Waals surface area (Å²) >= 11 is 11.9. The first-order valence-electron chi connectivity index (χ1n) is 7.75. The maximum atomic E-state index is 12.7. The highest BCUT2D eigenvalue weighted by atomic mass is 35.5. The molecule has 27 heavy (non-hydrogen) atoms. The number of hydrogen-bond donors (Lipinski definition) is 2. The summed E-state index contributed by atoms with van der Waals surface area (Å²) in [6.45, 7) is 1.66. The van der Waals surface area contributed by atoms with Crippen molar-refractivity contribution < 1.29 is 18.3 Å². The average Bonchev–Trinajstić information content (AvgIpc) is 2.87. The number of aromatic hydroxyl groups is 1. The molecule has 4 nitrogen and oxygen atoms in total. The first kappa shape index (κ1) is 19.4. The molecule has 0 bridgehead atoms. The number of imidazole rings is 1. The smallest absolute Gasteiger partial charge is 0.416 e. The van der Waals surface area contributed by atoms with Gasteiger partial charge in [0.25, 0.3) is 0 Å². The van der Waals surface area contributed by atoms with Gasteiger partial charge >= 0.3 is 11.9 Å². The largest absolute Gasteiger partial charge is 0.493 e. The Kier molecular flexibility index (Phi) is 5.01. The van der Waals surface area contributed by atoms with E-state index in [0.29, 0.717) is 5.56 Å². The van der Waals surface area contributed by atoms with Crippen LogP contribution in [0.5, 0.6) is 5.88 Å². The molecule has 0 radical (unpaired) electrons. The summed E-state index contributed by atoms with van der Waals surface area (Å²) in [4.78, 5) is 14.9. The molecule has 1 atom stereocenters. The number of halogens is 5. The molecule has 9 heteroatoms. The van der Waals surface area contributed by atoms with Crippen molar-refractivity contribution in [2.75, 3.05) is 0 Å². The number of aromatic nitrogens is 2. The maximum Gasteiger partial charge on any atom is 0.416 e. The number of H-pyrrole nitrogens is 1. The van der Waals surface area contributed by atoms with Gasteiger partial charge in [-0.2, -0.15) is 13.2 Å². The molecule has 0 aliphatic carbocycles. The lowest BCUT2D eigenvalue weighted by Gasteiger charge is -2.13. The number of aromatic amines is 1. The van der Waals surface area contributed by atoms with E-state index >= 15 is 0 Å². The molecular formula is C18H13Cl2F3N2O2. The number of nitrogens with one attached hydrogen (secondary N) is 1. The van der Waals surface area contributed by atoms with E-state index in [-0.39, 0.29) is 27.3 Å². The van der Waals surface area contributed by atoms with Crippen LogP contribution in [0.1, 0.15) is 29.7 Å². The van der Waals surface area contributed by atoms with Gasteiger partial charge in [-0.05, 0) is 35.9 Å². The second kappa shape index (κ2) is 6.98. The Balaban J connectivity index is 2.02. The molecule has 3 aromatic rings. The Morgan fingerprint density at radius 1 is 1.07 bits per heavy atom. The van der Waals surface area contributed by atoms with Gasteiger partial charge in [0.05, 0.1) is 16.9 Å². The summed E-state index contributed by atoms with van der Waals surface area (Å²) in [7, 11) is 0. The van der Waals surface area contributed by atoms with E-state index in [9.17, 15) is 23.1 Å². The minimum absolute atomic E-state index is 0.163. The predicted molar refractivity (Wildman–Crippen MR) is 97.0 cm³/mol.